The number of aryl methyl sites for hydroxylation is 1. The van der Waals surface area contributed by atoms with E-state index in [2.05, 4.69) is 22.9 Å². The van der Waals surface area contributed by atoms with Crippen molar-refractivity contribution in [3.05, 3.63) is 33.8 Å². The van der Waals surface area contributed by atoms with Gasteiger partial charge in [-0.1, -0.05) is 19.1 Å². The molecule has 1 fully saturated rings. The standard InChI is InChI=1S/C13H16BrNO/c1-9-6-7-15(8-9)13(16)11-5-3-4-10(2)12(11)14/h3-5,9H,6-8H2,1-2H3. The van der Waals surface area contributed by atoms with Crippen molar-refractivity contribution in [1.29, 1.82) is 0 Å². The van der Waals surface area contributed by atoms with Crippen LogP contribution in [0.25, 0.3) is 0 Å². The number of rotatable bonds is 1. The molecule has 16 heavy (non-hydrogen) atoms. The zero-order valence-corrected chi connectivity index (χ0v) is 11.3. The average molecular weight is 282 g/mol. The van der Waals surface area contributed by atoms with Gasteiger partial charge in [0, 0.05) is 17.6 Å². The van der Waals surface area contributed by atoms with Gasteiger partial charge in [0.05, 0.1) is 5.56 Å². The Bertz CT molecular complexity index is 416. The van der Waals surface area contributed by atoms with E-state index in [4.69, 9.17) is 0 Å². The van der Waals surface area contributed by atoms with Crippen LogP contribution in [0.5, 0.6) is 0 Å². The Morgan fingerprint density at radius 3 is 2.88 bits per heavy atom. The fourth-order valence-corrected chi connectivity index (χ4v) is 2.54. The molecule has 2 rings (SSSR count). The van der Waals surface area contributed by atoms with E-state index in [0.29, 0.717) is 5.92 Å². The molecule has 0 saturated carbocycles. The third kappa shape index (κ3) is 2.14. The van der Waals surface area contributed by atoms with Gasteiger partial charge in [-0.05, 0) is 46.8 Å². The van der Waals surface area contributed by atoms with Crippen molar-refractivity contribution in [2.75, 3.05) is 13.1 Å². The second-order valence-electron chi connectivity index (χ2n) is 4.58. The molecule has 1 unspecified atom stereocenters. The molecule has 0 N–H and O–H groups in total. The summed E-state index contributed by atoms with van der Waals surface area (Å²) in [7, 11) is 0. The van der Waals surface area contributed by atoms with Crippen LogP contribution in [0.3, 0.4) is 0 Å². The van der Waals surface area contributed by atoms with E-state index in [9.17, 15) is 4.79 Å². The number of carbonyl (C=O) groups excluding carboxylic acids is 1. The molecule has 1 atom stereocenters. The van der Waals surface area contributed by atoms with Gasteiger partial charge in [-0.3, -0.25) is 4.79 Å². The van der Waals surface area contributed by atoms with Crippen molar-refractivity contribution >= 4 is 21.8 Å². The van der Waals surface area contributed by atoms with E-state index in [1.807, 2.05) is 30.0 Å². The number of carbonyl (C=O) groups is 1. The lowest BCUT2D eigenvalue weighted by Gasteiger charge is -2.17. The Balaban J connectivity index is 2.24. The van der Waals surface area contributed by atoms with Crippen molar-refractivity contribution in [1.82, 2.24) is 4.90 Å². The molecule has 2 nitrogen and oxygen atoms in total. The maximum atomic E-state index is 12.3. The third-order valence-corrected chi connectivity index (χ3v) is 4.19. The molecule has 0 spiro atoms. The van der Waals surface area contributed by atoms with Gasteiger partial charge >= 0.3 is 0 Å². The van der Waals surface area contributed by atoms with Crippen LogP contribution in [-0.4, -0.2) is 23.9 Å². The van der Waals surface area contributed by atoms with Gasteiger partial charge < -0.3 is 4.90 Å². The average Bonchev–Trinajstić information content (AvgIpc) is 2.68. The fraction of sp³-hybridized carbons (Fsp3) is 0.462. The molecule has 0 aliphatic carbocycles. The van der Waals surface area contributed by atoms with Crippen molar-refractivity contribution < 1.29 is 4.79 Å². The highest BCUT2D eigenvalue weighted by Crippen LogP contribution is 2.25. The Morgan fingerprint density at radius 1 is 1.50 bits per heavy atom. The smallest absolute Gasteiger partial charge is 0.255 e. The lowest BCUT2D eigenvalue weighted by atomic mass is 10.1. The Kier molecular flexibility index (Phi) is 3.33. The number of hydrogen-bond acceptors (Lipinski definition) is 1. The summed E-state index contributed by atoms with van der Waals surface area (Å²) in [6.45, 7) is 5.98. The summed E-state index contributed by atoms with van der Waals surface area (Å²) < 4.78 is 0.930. The lowest BCUT2D eigenvalue weighted by molar-refractivity contribution is 0.0787. The largest absolute Gasteiger partial charge is 0.338 e. The van der Waals surface area contributed by atoms with Gasteiger partial charge in [-0.25, -0.2) is 0 Å². The van der Waals surface area contributed by atoms with Crippen LogP contribution in [-0.2, 0) is 0 Å². The number of benzene rings is 1. The molecule has 0 aromatic heterocycles. The van der Waals surface area contributed by atoms with Gasteiger partial charge in [0.15, 0.2) is 0 Å². The first kappa shape index (κ1) is 11.6. The second-order valence-corrected chi connectivity index (χ2v) is 5.37. The highest BCUT2D eigenvalue weighted by atomic mass is 79.9. The van der Waals surface area contributed by atoms with Crippen LogP contribution >= 0.6 is 15.9 Å². The molecule has 3 heteroatoms. The predicted octanol–water partition coefficient (Wildman–Crippen LogP) is 3.24. The van der Waals surface area contributed by atoms with E-state index in [1.54, 1.807) is 0 Å². The topological polar surface area (TPSA) is 20.3 Å². The molecule has 1 aliphatic rings. The summed E-state index contributed by atoms with van der Waals surface area (Å²) in [5.41, 5.74) is 1.90. The van der Waals surface area contributed by atoms with E-state index in [0.717, 1.165) is 35.1 Å². The maximum Gasteiger partial charge on any atom is 0.255 e. The van der Waals surface area contributed by atoms with Crippen molar-refractivity contribution in [2.24, 2.45) is 5.92 Å². The molecule has 1 heterocycles. The van der Waals surface area contributed by atoms with Gasteiger partial charge in [0.25, 0.3) is 5.91 Å². The monoisotopic (exact) mass is 281 g/mol. The number of amides is 1. The molecule has 0 bridgehead atoms. The molecular weight excluding hydrogens is 266 g/mol. The first-order chi connectivity index (χ1) is 7.59. The van der Waals surface area contributed by atoms with Gasteiger partial charge in [-0.15, -0.1) is 0 Å². The van der Waals surface area contributed by atoms with Crippen LogP contribution in [0.1, 0.15) is 29.3 Å². The van der Waals surface area contributed by atoms with Crippen molar-refractivity contribution in [3.8, 4) is 0 Å². The number of halogens is 1. The molecule has 1 saturated heterocycles. The normalized spacial score (nSPS) is 20.2. The number of likely N-dealkylation sites (tertiary alicyclic amines) is 1. The minimum Gasteiger partial charge on any atom is -0.338 e. The molecule has 1 amide bonds. The highest BCUT2D eigenvalue weighted by Gasteiger charge is 2.25. The summed E-state index contributed by atoms with van der Waals surface area (Å²) in [5.74, 6) is 0.785. The number of nitrogens with zero attached hydrogens (tertiary/aromatic N) is 1. The summed E-state index contributed by atoms with van der Waals surface area (Å²) in [4.78, 5) is 14.2. The van der Waals surface area contributed by atoms with Crippen LogP contribution in [0, 0.1) is 12.8 Å². The van der Waals surface area contributed by atoms with Crippen LogP contribution in [0.4, 0.5) is 0 Å². The molecule has 1 aromatic rings. The van der Waals surface area contributed by atoms with Crippen LogP contribution in [0.2, 0.25) is 0 Å². The molecule has 1 aromatic carbocycles. The summed E-state index contributed by atoms with van der Waals surface area (Å²) in [6.07, 6.45) is 1.12. The van der Waals surface area contributed by atoms with Gasteiger partial charge in [0.1, 0.15) is 0 Å². The van der Waals surface area contributed by atoms with Crippen LogP contribution in [0.15, 0.2) is 22.7 Å². The van der Waals surface area contributed by atoms with E-state index in [1.165, 1.54) is 0 Å². The minimum absolute atomic E-state index is 0.153. The number of hydrogen-bond donors (Lipinski definition) is 0. The Hall–Kier alpha value is -0.830. The minimum atomic E-state index is 0.153. The van der Waals surface area contributed by atoms with E-state index in [-0.39, 0.29) is 5.91 Å². The molecular formula is C13H16BrNO. The summed E-state index contributed by atoms with van der Waals surface area (Å²) in [5, 5.41) is 0. The molecule has 0 radical (unpaired) electrons. The first-order valence-corrected chi connectivity index (χ1v) is 6.43. The van der Waals surface area contributed by atoms with Crippen molar-refractivity contribution in [2.45, 2.75) is 20.3 Å². The molecule has 86 valence electrons. The van der Waals surface area contributed by atoms with Crippen LogP contribution < -0.4 is 0 Å². The predicted molar refractivity (Wildman–Crippen MR) is 68.6 cm³/mol. The Morgan fingerprint density at radius 2 is 2.25 bits per heavy atom. The zero-order valence-electron chi connectivity index (χ0n) is 9.66. The molecule has 1 aliphatic heterocycles. The van der Waals surface area contributed by atoms with Gasteiger partial charge in [0.2, 0.25) is 0 Å². The lowest BCUT2D eigenvalue weighted by Crippen LogP contribution is -2.28. The Labute approximate surface area is 105 Å². The van der Waals surface area contributed by atoms with E-state index >= 15 is 0 Å². The second kappa shape index (κ2) is 4.58. The SMILES string of the molecule is Cc1cccc(C(=O)N2CCC(C)C2)c1Br. The quantitative estimate of drug-likeness (QED) is 0.774. The third-order valence-electron chi connectivity index (χ3n) is 3.13. The summed E-state index contributed by atoms with van der Waals surface area (Å²) in [6, 6.07) is 5.84. The maximum absolute atomic E-state index is 12.3. The zero-order chi connectivity index (χ0) is 11.7. The van der Waals surface area contributed by atoms with E-state index < -0.39 is 0 Å². The first-order valence-electron chi connectivity index (χ1n) is 5.64. The van der Waals surface area contributed by atoms with Crippen molar-refractivity contribution in [3.63, 3.8) is 0 Å². The summed E-state index contributed by atoms with van der Waals surface area (Å²) >= 11 is 3.50. The van der Waals surface area contributed by atoms with Gasteiger partial charge in [-0.2, -0.15) is 0 Å². The fourth-order valence-electron chi connectivity index (χ4n) is 2.10. The highest BCUT2D eigenvalue weighted by molar-refractivity contribution is 9.10.